The van der Waals surface area contributed by atoms with E-state index in [2.05, 4.69) is 5.32 Å². The maximum Gasteiger partial charge on any atom is 0.352 e. The molecule has 2 amide bonds. The van der Waals surface area contributed by atoms with Gasteiger partial charge in [0, 0.05) is 25.6 Å². The van der Waals surface area contributed by atoms with E-state index in [0.717, 1.165) is 42.9 Å². The van der Waals surface area contributed by atoms with Crippen molar-refractivity contribution in [2.75, 3.05) is 38.0 Å². The van der Waals surface area contributed by atoms with Crippen LogP contribution < -0.4 is 16.1 Å². The van der Waals surface area contributed by atoms with E-state index in [1.54, 1.807) is 30.3 Å². The van der Waals surface area contributed by atoms with Crippen molar-refractivity contribution in [2.45, 2.75) is 51.9 Å². The molecule has 0 aliphatic carbocycles. The highest BCUT2D eigenvalue weighted by Crippen LogP contribution is 2.22. The quantitative estimate of drug-likeness (QED) is 0.152. The molecule has 0 aliphatic rings. The number of aliphatic hydroxyl groups is 2. The summed E-state index contributed by atoms with van der Waals surface area (Å²) >= 11 is 0. The van der Waals surface area contributed by atoms with E-state index in [9.17, 15) is 24.9 Å². The largest absolute Gasteiger partial charge is 0.508 e. The van der Waals surface area contributed by atoms with Crippen LogP contribution in [-0.4, -0.2) is 60.2 Å². The summed E-state index contributed by atoms with van der Waals surface area (Å²) in [5, 5.41) is 33.0. The van der Waals surface area contributed by atoms with Gasteiger partial charge in [-0.1, -0.05) is 31.0 Å². The van der Waals surface area contributed by atoms with Crippen LogP contribution in [0.4, 0.5) is 10.5 Å². The SMILES string of the molecule is CC(=O)ON(C(N)=O)c1cccc(COCCOCCCCCCNC[C@H](O)c2ccc(O)c(CO)c2)c1. The van der Waals surface area contributed by atoms with Crippen LogP contribution in [0.15, 0.2) is 42.5 Å². The second-order valence-corrected chi connectivity index (χ2v) is 8.73. The number of ether oxygens (including phenoxy) is 2. The number of carbonyl (C=O) groups is 2. The zero-order valence-electron chi connectivity index (χ0n) is 21.8. The zero-order chi connectivity index (χ0) is 27.8. The van der Waals surface area contributed by atoms with Crippen molar-refractivity contribution < 1.29 is 39.2 Å². The summed E-state index contributed by atoms with van der Waals surface area (Å²) in [7, 11) is 0. The predicted molar refractivity (Wildman–Crippen MR) is 141 cm³/mol. The van der Waals surface area contributed by atoms with Gasteiger partial charge in [-0.2, -0.15) is 0 Å². The normalized spacial score (nSPS) is 11.8. The van der Waals surface area contributed by atoms with Crippen molar-refractivity contribution in [3.05, 3.63) is 59.2 Å². The number of unbranched alkanes of at least 4 members (excludes halogenated alkanes) is 3. The van der Waals surface area contributed by atoms with Gasteiger partial charge in [0.1, 0.15) is 5.75 Å². The fourth-order valence-corrected chi connectivity index (χ4v) is 3.64. The Morgan fingerprint density at radius 3 is 2.53 bits per heavy atom. The Bertz CT molecular complexity index is 1000. The number of nitrogens with two attached hydrogens (primary N) is 1. The van der Waals surface area contributed by atoms with Gasteiger partial charge >= 0.3 is 12.0 Å². The first-order valence-electron chi connectivity index (χ1n) is 12.7. The summed E-state index contributed by atoms with van der Waals surface area (Å²) in [5.74, 6) is -0.633. The molecule has 0 bridgehead atoms. The highest BCUT2D eigenvalue weighted by Gasteiger charge is 2.16. The van der Waals surface area contributed by atoms with Gasteiger partial charge in [-0.25, -0.2) is 9.59 Å². The molecule has 2 rings (SSSR count). The van der Waals surface area contributed by atoms with Crippen molar-refractivity contribution in [1.82, 2.24) is 5.32 Å². The Morgan fingerprint density at radius 1 is 1.03 bits per heavy atom. The minimum Gasteiger partial charge on any atom is -0.508 e. The molecule has 0 saturated carbocycles. The van der Waals surface area contributed by atoms with E-state index in [1.807, 2.05) is 6.07 Å². The number of hydrogen-bond acceptors (Lipinski definition) is 9. The molecular weight excluding hydrogens is 494 g/mol. The topological polar surface area (TPSA) is 164 Å². The molecule has 0 aliphatic heterocycles. The number of aromatic hydroxyl groups is 1. The third-order valence-electron chi connectivity index (χ3n) is 5.59. The third-order valence-corrected chi connectivity index (χ3v) is 5.59. The second kappa shape index (κ2) is 17.3. The number of rotatable bonds is 17. The van der Waals surface area contributed by atoms with E-state index < -0.39 is 18.1 Å². The average Bonchev–Trinajstić information content (AvgIpc) is 2.90. The highest BCUT2D eigenvalue weighted by atomic mass is 16.7. The summed E-state index contributed by atoms with van der Waals surface area (Å²) in [4.78, 5) is 27.5. The summed E-state index contributed by atoms with van der Waals surface area (Å²) in [6.07, 6.45) is 3.31. The summed E-state index contributed by atoms with van der Waals surface area (Å²) in [5.41, 5.74) is 7.45. The molecule has 0 radical (unpaired) electrons. The fourth-order valence-electron chi connectivity index (χ4n) is 3.64. The molecule has 0 aromatic heterocycles. The molecular formula is C27H39N3O8. The molecule has 38 heavy (non-hydrogen) atoms. The molecule has 2 aromatic rings. The number of carbonyl (C=O) groups excluding carboxylic acids is 2. The predicted octanol–water partition coefficient (Wildman–Crippen LogP) is 2.66. The van der Waals surface area contributed by atoms with Crippen LogP contribution in [0.5, 0.6) is 5.75 Å². The molecule has 2 aromatic carbocycles. The number of amides is 2. The van der Waals surface area contributed by atoms with E-state index in [1.165, 1.54) is 13.0 Å². The van der Waals surface area contributed by atoms with Gasteiger partial charge in [0.05, 0.1) is 38.2 Å². The van der Waals surface area contributed by atoms with Crippen LogP contribution in [0.2, 0.25) is 0 Å². The zero-order valence-corrected chi connectivity index (χ0v) is 21.8. The number of urea groups is 1. The number of nitrogens with one attached hydrogen (secondary N) is 1. The number of hydrogen-bond donors (Lipinski definition) is 5. The lowest BCUT2D eigenvalue weighted by atomic mass is 10.1. The molecule has 1 atom stereocenters. The van der Waals surface area contributed by atoms with Crippen LogP contribution in [0, 0.1) is 0 Å². The van der Waals surface area contributed by atoms with Gasteiger partial charge in [-0.15, -0.1) is 5.06 Å². The van der Waals surface area contributed by atoms with Crippen molar-refractivity contribution in [1.29, 1.82) is 0 Å². The van der Waals surface area contributed by atoms with E-state index in [4.69, 9.17) is 20.0 Å². The third kappa shape index (κ3) is 11.4. The maximum atomic E-state index is 11.5. The van der Waals surface area contributed by atoms with Crippen molar-refractivity contribution in [3.8, 4) is 5.75 Å². The number of phenols is 1. The fraction of sp³-hybridized carbons (Fsp3) is 0.481. The average molecular weight is 534 g/mol. The molecule has 0 fully saturated rings. The van der Waals surface area contributed by atoms with Gasteiger partial charge in [0.15, 0.2) is 0 Å². The second-order valence-electron chi connectivity index (χ2n) is 8.73. The summed E-state index contributed by atoms with van der Waals surface area (Å²) in [6.45, 7) is 3.94. The van der Waals surface area contributed by atoms with Crippen molar-refractivity contribution in [3.63, 3.8) is 0 Å². The molecule has 0 heterocycles. The Morgan fingerprint density at radius 2 is 1.79 bits per heavy atom. The number of benzene rings is 2. The van der Waals surface area contributed by atoms with Gasteiger partial charge in [0.2, 0.25) is 0 Å². The van der Waals surface area contributed by atoms with Crippen LogP contribution in [0.25, 0.3) is 0 Å². The lowest BCUT2D eigenvalue weighted by molar-refractivity contribution is -0.141. The van der Waals surface area contributed by atoms with Crippen LogP contribution in [-0.2, 0) is 32.3 Å². The van der Waals surface area contributed by atoms with Gasteiger partial charge < -0.3 is 40.7 Å². The number of nitrogens with zero attached hydrogens (tertiary/aromatic N) is 1. The number of aliphatic hydroxyl groups excluding tert-OH is 2. The number of primary amides is 1. The van der Waals surface area contributed by atoms with Crippen LogP contribution in [0.3, 0.4) is 0 Å². The van der Waals surface area contributed by atoms with E-state index in [-0.39, 0.29) is 12.4 Å². The van der Waals surface area contributed by atoms with Gasteiger partial charge in [-0.05, 0) is 54.8 Å². The molecule has 0 saturated heterocycles. The van der Waals surface area contributed by atoms with Crippen molar-refractivity contribution >= 4 is 17.7 Å². The molecule has 11 nitrogen and oxygen atoms in total. The smallest absolute Gasteiger partial charge is 0.352 e. The van der Waals surface area contributed by atoms with E-state index in [0.29, 0.717) is 49.8 Å². The highest BCUT2D eigenvalue weighted by molar-refractivity contribution is 5.90. The monoisotopic (exact) mass is 533 g/mol. The maximum absolute atomic E-state index is 11.5. The summed E-state index contributed by atoms with van der Waals surface area (Å²) < 4.78 is 11.2. The lowest BCUT2D eigenvalue weighted by Crippen LogP contribution is -2.37. The molecule has 6 N–H and O–H groups in total. The molecule has 11 heteroatoms. The minimum absolute atomic E-state index is 0.0206. The first-order chi connectivity index (χ1) is 18.3. The Balaban J connectivity index is 1.48. The molecule has 210 valence electrons. The van der Waals surface area contributed by atoms with Crippen molar-refractivity contribution in [2.24, 2.45) is 5.73 Å². The Labute approximate surface area is 223 Å². The standard InChI is InChI=1S/C27H39N3O8/c1-20(32)38-30(27(28)35)24-8-6-7-21(15-24)19-37-14-13-36-12-5-3-2-4-11-29-17-26(34)22-9-10-25(33)23(16-22)18-31/h6-10,15-16,26,29,31,33-34H,2-5,11-14,17-19H2,1H3,(H2,28,35)/t26-/m0/s1. The Kier molecular flexibility index (Phi) is 14.1. The Hall–Kier alpha value is -3.22. The number of anilines is 1. The first kappa shape index (κ1) is 31.0. The van der Waals surface area contributed by atoms with Gasteiger partial charge in [-0.3, -0.25) is 0 Å². The minimum atomic E-state index is -0.898. The lowest BCUT2D eigenvalue weighted by Gasteiger charge is -2.18. The van der Waals surface area contributed by atoms with Gasteiger partial charge in [0.25, 0.3) is 0 Å². The first-order valence-corrected chi connectivity index (χ1v) is 12.7. The molecule has 0 spiro atoms. The van der Waals surface area contributed by atoms with Crippen LogP contribution >= 0.6 is 0 Å². The summed E-state index contributed by atoms with van der Waals surface area (Å²) in [6, 6.07) is 10.6. The van der Waals surface area contributed by atoms with Crippen LogP contribution in [0.1, 0.15) is 55.4 Å². The number of hydroxylamine groups is 1. The van der Waals surface area contributed by atoms with E-state index >= 15 is 0 Å². The molecule has 0 unspecified atom stereocenters.